The Bertz CT molecular complexity index is 1360. The zero-order valence-electron chi connectivity index (χ0n) is 26.4. The highest BCUT2D eigenvalue weighted by atomic mass is 15.1. The predicted molar refractivity (Wildman–Crippen MR) is 177 cm³/mol. The lowest BCUT2D eigenvalue weighted by atomic mass is 9.58. The monoisotopic (exact) mass is 559 g/mol. The molecule has 0 radical (unpaired) electrons. The summed E-state index contributed by atoms with van der Waals surface area (Å²) in [6.07, 6.45) is 9.09. The number of aryl methyl sites for hydroxylation is 3. The van der Waals surface area contributed by atoms with Gasteiger partial charge in [0.15, 0.2) is 0 Å². The first-order valence-electron chi connectivity index (χ1n) is 15.9. The summed E-state index contributed by atoms with van der Waals surface area (Å²) >= 11 is 0. The van der Waals surface area contributed by atoms with Gasteiger partial charge in [-0.3, -0.25) is 4.98 Å². The van der Waals surface area contributed by atoms with Gasteiger partial charge in [0.2, 0.25) is 0 Å². The van der Waals surface area contributed by atoms with Crippen LogP contribution in [0.5, 0.6) is 0 Å². The molecule has 42 heavy (non-hydrogen) atoms. The van der Waals surface area contributed by atoms with Crippen LogP contribution in [0.25, 0.3) is 0 Å². The maximum Gasteiger partial charge on any atom is 0.0478 e. The first kappa shape index (κ1) is 30.2. The Balaban J connectivity index is 1.48. The Morgan fingerprint density at radius 3 is 1.67 bits per heavy atom. The van der Waals surface area contributed by atoms with Gasteiger partial charge in [-0.25, -0.2) is 0 Å². The molecular formula is C39H49N3. The lowest BCUT2D eigenvalue weighted by Gasteiger charge is -2.53. The third-order valence-corrected chi connectivity index (χ3v) is 10.6. The number of likely N-dealkylation sites (tertiary alicyclic amines) is 1. The van der Waals surface area contributed by atoms with Crippen molar-refractivity contribution in [3.8, 4) is 0 Å². The van der Waals surface area contributed by atoms with Crippen LogP contribution >= 0.6 is 0 Å². The molecular weight excluding hydrogens is 510 g/mol. The molecule has 0 bridgehead atoms. The number of rotatable bonds is 10. The molecule has 3 nitrogen and oxygen atoms in total. The van der Waals surface area contributed by atoms with Gasteiger partial charge in [-0.05, 0) is 101 Å². The summed E-state index contributed by atoms with van der Waals surface area (Å²) in [7, 11) is 0. The van der Waals surface area contributed by atoms with Crippen LogP contribution < -0.4 is 5.73 Å². The van der Waals surface area contributed by atoms with E-state index >= 15 is 0 Å². The number of nitrogens with zero attached hydrogens (tertiary/aromatic N) is 2. The van der Waals surface area contributed by atoms with Gasteiger partial charge in [0.05, 0.1) is 0 Å². The zero-order valence-corrected chi connectivity index (χ0v) is 26.4. The van der Waals surface area contributed by atoms with E-state index in [1.807, 2.05) is 6.20 Å². The van der Waals surface area contributed by atoms with Crippen LogP contribution in [0.3, 0.4) is 0 Å². The number of pyridine rings is 1. The summed E-state index contributed by atoms with van der Waals surface area (Å²) in [6.45, 7) is 14.2. The van der Waals surface area contributed by atoms with Gasteiger partial charge in [0, 0.05) is 28.8 Å². The quantitative estimate of drug-likeness (QED) is 0.213. The lowest BCUT2D eigenvalue weighted by molar-refractivity contribution is 0.0845. The van der Waals surface area contributed by atoms with E-state index in [4.69, 9.17) is 5.73 Å². The number of aromatic nitrogens is 1. The largest absolute Gasteiger partial charge is 0.324 e. The second-order valence-corrected chi connectivity index (χ2v) is 12.8. The van der Waals surface area contributed by atoms with Crippen molar-refractivity contribution in [3.63, 3.8) is 0 Å². The van der Waals surface area contributed by atoms with Gasteiger partial charge >= 0.3 is 0 Å². The summed E-state index contributed by atoms with van der Waals surface area (Å²) in [5.41, 5.74) is 16.0. The standard InChI is InChI=1S/C39H49N3/c1-6-38(40,7-2)37(33-16-10-30(3)11-17-33)22-26-42(27-23-37)28-24-39(36-9-8-25-41-29-36,34-18-12-31(4)13-19-34)35-20-14-32(5)15-21-35/h8-21,25,29H,6-7,22-24,26-28,40H2,1-5H3. The summed E-state index contributed by atoms with van der Waals surface area (Å²) in [4.78, 5) is 7.29. The van der Waals surface area contributed by atoms with Crippen molar-refractivity contribution in [2.75, 3.05) is 19.6 Å². The minimum absolute atomic E-state index is 0.00491. The smallest absolute Gasteiger partial charge is 0.0478 e. The normalized spacial score (nSPS) is 16.0. The third kappa shape index (κ3) is 5.57. The predicted octanol–water partition coefficient (Wildman–Crippen LogP) is 8.28. The topological polar surface area (TPSA) is 42.1 Å². The fourth-order valence-electron chi connectivity index (χ4n) is 7.58. The molecule has 4 aromatic rings. The van der Waals surface area contributed by atoms with Crippen molar-refractivity contribution in [1.29, 1.82) is 0 Å². The summed E-state index contributed by atoms with van der Waals surface area (Å²) in [5.74, 6) is 0. The van der Waals surface area contributed by atoms with E-state index in [0.717, 1.165) is 51.7 Å². The highest BCUT2D eigenvalue weighted by Gasteiger charge is 2.49. The van der Waals surface area contributed by atoms with Gasteiger partial charge < -0.3 is 10.6 Å². The van der Waals surface area contributed by atoms with Crippen LogP contribution in [0, 0.1) is 20.8 Å². The first-order valence-corrected chi connectivity index (χ1v) is 15.9. The molecule has 2 heterocycles. The molecule has 0 saturated carbocycles. The Morgan fingerprint density at radius 2 is 1.21 bits per heavy atom. The van der Waals surface area contributed by atoms with Crippen molar-refractivity contribution >= 4 is 0 Å². The third-order valence-electron chi connectivity index (χ3n) is 10.6. The molecule has 3 heteroatoms. The summed E-state index contributed by atoms with van der Waals surface area (Å²) in [6, 6.07) is 31.9. The van der Waals surface area contributed by atoms with Crippen molar-refractivity contribution in [3.05, 3.63) is 136 Å². The van der Waals surface area contributed by atoms with Gasteiger partial charge in [-0.2, -0.15) is 0 Å². The van der Waals surface area contributed by atoms with Crippen molar-refractivity contribution in [2.24, 2.45) is 5.73 Å². The van der Waals surface area contributed by atoms with E-state index in [1.165, 1.54) is 38.9 Å². The van der Waals surface area contributed by atoms with E-state index in [-0.39, 0.29) is 16.4 Å². The van der Waals surface area contributed by atoms with Crippen LogP contribution in [0.2, 0.25) is 0 Å². The minimum Gasteiger partial charge on any atom is -0.324 e. The minimum atomic E-state index is -0.286. The highest BCUT2D eigenvalue weighted by molar-refractivity contribution is 5.50. The van der Waals surface area contributed by atoms with Crippen LogP contribution in [0.1, 0.15) is 84.9 Å². The molecule has 1 aromatic heterocycles. The average Bonchev–Trinajstić information content (AvgIpc) is 3.03. The second-order valence-electron chi connectivity index (χ2n) is 12.8. The molecule has 0 unspecified atom stereocenters. The van der Waals surface area contributed by atoms with E-state index in [2.05, 4.69) is 136 Å². The van der Waals surface area contributed by atoms with Gasteiger partial charge in [0.1, 0.15) is 0 Å². The second kappa shape index (κ2) is 12.5. The molecule has 1 aliphatic heterocycles. The molecule has 0 atom stereocenters. The average molecular weight is 560 g/mol. The maximum absolute atomic E-state index is 7.29. The molecule has 2 N–H and O–H groups in total. The Morgan fingerprint density at radius 1 is 0.714 bits per heavy atom. The maximum atomic E-state index is 7.29. The molecule has 1 saturated heterocycles. The molecule has 1 aliphatic rings. The summed E-state index contributed by atoms with van der Waals surface area (Å²) < 4.78 is 0. The molecule has 0 amide bonds. The van der Waals surface area contributed by atoms with Crippen molar-refractivity contribution in [2.45, 2.75) is 83.1 Å². The van der Waals surface area contributed by atoms with Crippen molar-refractivity contribution < 1.29 is 0 Å². The van der Waals surface area contributed by atoms with E-state index < -0.39 is 0 Å². The lowest BCUT2D eigenvalue weighted by Crippen LogP contribution is -2.61. The fourth-order valence-corrected chi connectivity index (χ4v) is 7.58. The van der Waals surface area contributed by atoms with Crippen LogP contribution in [-0.4, -0.2) is 35.1 Å². The molecule has 5 rings (SSSR count). The fraction of sp³-hybridized carbons (Fsp3) is 0.410. The summed E-state index contributed by atoms with van der Waals surface area (Å²) in [5, 5.41) is 0. The Hall–Kier alpha value is -3.27. The van der Waals surface area contributed by atoms with Crippen molar-refractivity contribution in [1.82, 2.24) is 9.88 Å². The Labute approximate surface area is 254 Å². The molecule has 1 fully saturated rings. The number of piperidine rings is 1. The number of hydrogen-bond acceptors (Lipinski definition) is 3. The van der Waals surface area contributed by atoms with Gasteiger partial charge in [0.25, 0.3) is 0 Å². The van der Waals surface area contributed by atoms with Gasteiger partial charge in [-0.1, -0.05) is 109 Å². The first-order chi connectivity index (χ1) is 20.3. The highest BCUT2D eigenvalue weighted by Crippen LogP contribution is 2.47. The van der Waals surface area contributed by atoms with Gasteiger partial charge in [-0.15, -0.1) is 0 Å². The molecule has 0 aliphatic carbocycles. The van der Waals surface area contributed by atoms with Crippen LogP contribution in [-0.2, 0) is 10.8 Å². The van der Waals surface area contributed by atoms with E-state index in [9.17, 15) is 0 Å². The number of benzene rings is 3. The van der Waals surface area contributed by atoms with Crippen LogP contribution in [0.15, 0.2) is 97.3 Å². The molecule has 0 spiro atoms. The molecule has 220 valence electrons. The van der Waals surface area contributed by atoms with Crippen LogP contribution in [0.4, 0.5) is 0 Å². The number of nitrogens with two attached hydrogens (primary N) is 1. The Kier molecular flexibility index (Phi) is 9.01. The zero-order chi connectivity index (χ0) is 29.8. The number of hydrogen-bond donors (Lipinski definition) is 1. The SMILES string of the molecule is CCC(N)(CC)C1(c2ccc(C)cc2)CCN(CCC(c2ccc(C)cc2)(c2ccc(C)cc2)c2cccnc2)CC1. The van der Waals surface area contributed by atoms with E-state index in [0.29, 0.717) is 0 Å². The molecule has 3 aromatic carbocycles. The van der Waals surface area contributed by atoms with E-state index in [1.54, 1.807) is 0 Å².